The number of nitrogens with zero attached hydrogens (tertiary/aromatic N) is 3. The van der Waals surface area contributed by atoms with E-state index in [1.165, 1.54) is 6.33 Å². The van der Waals surface area contributed by atoms with E-state index in [1.54, 1.807) is 0 Å². The molecule has 9 nitrogen and oxygen atoms in total. The van der Waals surface area contributed by atoms with Gasteiger partial charge in [0.25, 0.3) is 5.85 Å². The van der Waals surface area contributed by atoms with Crippen molar-refractivity contribution in [2.75, 3.05) is 12.3 Å². The topological polar surface area (TPSA) is 150 Å². The Balaban J connectivity index is 2.06. The number of halogens is 1. The number of rotatable bonds is 2. The normalized spacial score (nSPS) is 33.9. The molecule has 20 heavy (non-hydrogen) atoms. The molecule has 0 aromatic carbocycles. The second-order valence-corrected chi connectivity index (χ2v) is 4.48. The Morgan fingerprint density at radius 2 is 2.25 bits per heavy atom. The molecule has 0 radical (unpaired) electrons. The van der Waals surface area contributed by atoms with Gasteiger partial charge in [-0.2, -0.15) is 0 Å². The van der Waals surface area contributed by atoms with Crippen molar-refractivity contribution < 1.29 is 24.4 Å². The third kappa shape index (κ3) is 1.73. The smallest absolute Gasteiger partial charge is 0.269 e. The van der Waals surface area contributed by atoms with Gasteiger partial charge in [-0.1, -0.05) is 0 Å². The predicted octanol–water partition coefficient (Wildman–Crippen LogP) is -1.61. The van der Waals surface area contributed by atoms with E-state index in [-0.39, 0.29) is 17.3 Å². The van der Waals surface area contributed by atoms with Gasteiger partial charge in [0.05, 0.1) is 12.9 Å². The molecule has 0 bridgehead atoms. The number of fused-ring (bicyclic) bond motifs is 1. The molecule has 108 valence electrons. The maximum Gasteiger partial charge on any atom is 0.269 e. The van der Waals surface area contributed by atoms with Crippen LogP contribution < -0.4 is 5.73 Å². The van der Waals surface area contributed by atoms with Gasteiger partial charge in [-0.25, -0.2) is 19.3 Å². The van der Waals surface area contributed by atoms with Crippen LogP contribution in [-0.4, -0.2) is 59.9 Å². The first-order valence-electron chi connectivity index (χ1n) is 5.77. The molecule has 3 rings (SSSR count). The number of ether oxygens (including phenoxy) is 1. The van der Waals surface area contributed by atoms with E-state index in [1.807, 2.05) is 0 Å². The lowest BCUT2D eigenvalue weighted by Crippen LogP contribution is -2.42. The van der Waals surface area contributed by atoms with E-state index in [4.69, 9.17) is 15.6 Å². The predicted molar refractivity (Wildman–Crippen MR) is 62.9 cm³/mol. The van der Waals surface area contributed by atoms with Crippen LogP contribution in [0.2, 0.25) is 0 Å². The summed E-state index contributed by atoms with van der Waals surface area (Å²) >= 11 is 0. The molecule has 1 saturated heterocycles. The Labute approximate surface area is 111 Å². The summed E-state index contributed by atoms with van der Waals surface area (Å²) in [6.07, 6.45) is -3.54. The highest BCUT2D eigenvalue weighted by atomic mass is 19.2. The highest BCUT2D eigenvalue weighted by Gasteiger charge is 2.58. The molecule has 10 heteroatoms. The Hall–Kier alpha value is -1.88. The average Bonchev–Trinajstić information content (AvgIpc) is 2.95. The summed E-state index contributed by atoms with van der Waals surface area (Å²) in [5.74, 6) is -3.39. The van der Waals surface area contributed by atoms with Crippen molar-refractivity contribution >= 4 is 17.0 Å². The molecule has 2 aromatic heterocycles. The van der Waals surface area contributed by atoms with Crippen LogP contribution in [-0.2, 0) is 4.74 Å². The first-order chi connectivity index (χ1) is 9.45. The number of hydrogen-bond acceptors (Lipinski definition) is 8. The molecule has 0 spiro atoms. The quantitative estimate of drug-likeness (QED) is 0.442. The van der Waals surface area contributed by atoms with E-state index in [0.717, 1.165) is 0 Å². The first kappa shape index (κ1) is 13.1. The van der Waals surface area contributed by atoms with Gasteiger partial charge in [0.15, 0.2) is 23.4 Å². The third-order valence-electron chi connectivity index (χ3n) is 3.19. The minimum Gasteiger partial charge on any atom is -0.394 e. The number of aliphatic hydroxyl groups is 3. The molecule has 0 unspecified atom stereocenters. The molecule has 1 fully saturated rings. The van der Waals surface area contributed by atoms with Gasteiger partial charge >= 0.3 is 0 Å². The fourth-order valence-electron chi connectivity index (χ4n) is 2.14. The third-order valence-corrected chi connectivity index (χ3v) is 3.19. The number of aromatic nitrogens is 4. The van der Waals surface area contributed by atoms with Crippen LogP contribution in [0.25, 0.3) is 11.2 Å². The van der Waals surface area contributed by atoms with Gasteiger partial charge in [-0.15, -0.1) is 0 Å². The van der Waals surface area contributed by atoms with E-state index < -0.39 is 30.8 Å². The minimum atomic E-state index is -3.14. The Morgan fingerprint density at radius 1 is 1.50 bits per heavy atom. The highest BCUT2D eigenvalue weighted by Crippen LogP contribution is 2.41. The standard InChI is InChI=1S/C10H12FN5O4/c11-10(19)5(18)3(1-17)20-6(10)9-15-7(12)4-8(16-9)14-2-13-4/h2-3,5-6,17-19H,1H2,(H3,12,13,14,15,16)/t3-,5-,6+,10+/m1/s1. The SMILES string of the molecule is Nc1nc([C@@H]2O[C@H](CO)[C@@H](O)[C@@]2(O)F)nc2nc[nH]c12. The van der Waals surface area contributed by atoms with Crippen molar-refractivity contribution in [3.05, 3.63) is 12.2 Å². The molecule has 6 N–H and O–H groups in total. The summed E-state index contributed by atoms with van der Waals surface area (Å²) in [5, 5.41) is 28.2. The van der Waals surface area contributed by atoms with Crippen molar-refractivity contribution in [1.82, 2.24) is 19.9 Å². The zero-order valence-electron chi connectivity index (χ0n) is 10.1. The van der Waals surface area contributed by atoms with Gasteiger partial charge in [0.2, 0.25) is 0 Å². The lowest BCUT2D eigenvalue weighted by atomic mass is 10.0. The molecule has 1 aliphatic heterocycles. The molecule has 4 atom stereocenters. The van der Waals surface area contributed by atoms with Crippen molar-refractivity contribution in [2.24, 2.45) is 0 Å². The minimum absolute atomic E-state index is 0.00355. The number of nitrogen functional groups attached to an aromatic ring is 1. The van der Waals surface area contributed by atoms with E-state index in [0.29, 0.717) is 5.52 Å². The zero-order chi connectivity index (χ0) is 14.5. The summed E-state index contributed by atoms with van der Waals surface area (Å²) in [6, 6.07) is 0. The second kappa shape index (κ2) is 4.31. The first-order valence-corrected chi connectivity index (χ1v) is 5.77. The Kier molecular flexibility index (Phi) is 2.83. The number of hydrogen-bond donors (Lipinski definition) is 5. The van der Waals surface area contributed by atoms with Crippen LogP contribution in [0, 0.1) is 0 Å². The van der Waals surface area contributed by atoms with Crippen LogP contribution >= 0.6 is 0 Å². The van der Waals surface area contributed by atoms with E-state index >= 15 is 0 Å². The molecule has 0 amide bonds. The molecule has 0 saturated carbocycles. The average molecular weight is 285 g/mol. The summed E-state index contributed by atoms with van der Waals surface area (Å²) in [7, 11) is 0. The van der Waals surface area contributed by atoms with Crippen LogP contribution in [0.1, 0.15) is 11.9 Å². The summed E-state index contributed by atoms with van der Waals surface area (Å²) in [4.78, 5) is 14.3. The van der Waals surface area contributed by atoms with Crippen LogP contribution in [0.4, 0.5) is 10.2 Å². The number of alkyl halides is 1. The lowest BCUT2D eigenvalue weighted by molar-refractivity contribution is -0.177. The number of aliphatic hydroxyl groups excluding tert-OH is 2. The maximum atomic E-state index is 14.2. The number of nitrogens with two attached hydrogens (primary N) is 1. The number of nitrogens with one attached hydrogen (secondary N) is 1. The Bertz CT molecular complexity index is 648. The monoisotopic (exact) mass is 285 g/mol. The van der Waals surface area contributed by atoms with Gasteiger partial charge in [-0.05, 0) is 0 Å². The van der Waals surface area contributed by atoms with Gasteiger partial charge in [-0.3, -0.25) is 0 Å². The lowest BCUT2D eigenvalue weighted by Gasteiger charge is -2.21. The fourth-order valence-corrected chi connectivity index (χ4v) is 2.14. The molecular formula is C10H12FN5O4. The number of H-pyrrole nitrogens is 1. The molecule has 3 heterocycles. The number of imidazole rings is 1. The molecular weight excluding hydrogens is 273 g/mol. The van der Waals surface area contributed by atoms with E-state index in [2.05, 4.69) is 19.9 Å². The summed E-state index contributed by atoms with van der Waals surface area (Å²) < 4.78 is 19.2. The summed E-state index contributed by atoms with van der Waals surface area (Å²) in [5.41, 5.74) is 6.21. The number of aromatic amines is 1. The van der Waals surface area contributed by atoms with Gasteiger partial charge in [0.1, 0.15) is 17.7 Å². The van der Waals surface area contributed by atoms with Crippen LogP contribution in [0.5, 0.6) is 0 Å². The fraction of sp³-hybridized carbons (Fsp3) is 0.500. The Morgan fingerprint density at radius 3 is 2.90 bits per heavy atom. The molecule has 1 aliphatic rings. The van der Waals surface area contributed by atoms with Crippen LogP contribution in [0.15, 0.2) is 6.33 Å². The van der Waals surface area contributed by atoms with Crippen molar-refractivity contribution in [1.29, 1.82) is 0 Å². The maximum absolute atomic E-state index is 14.2. The van der Waals surface area contributed by atoms with E-state index in [9.17, 15) is 14.6 Å². The second-order valence-electron chi connectivity index (χ2n) is 4.48. The van der Waals surface area contributed by atoms with Gasteiger partial charge in [0, 0.05) is 0 Å². The molecule has 2 aromatic rings. The van der Waals surface area contributed by atoms with Crippen molar-refractivity contribution in [3.63, 3.8) is 0 Å². The number of anilines is 1. The largest absolute Gasteiger partial charge is 0.394 e. The van der Waals surface area contributed by atoms with Gasteiger partial charge < -0.3 is 30.8 Å². The van der Waals surface area contributed by atoms with Crippen molar-refractivity contribution in [2.45, 2.75) is 24.2 Å². The van der Waals surface area contributed by atoms with Crippen molar-refractivity contribution in [3.8, 4) is 0 Å². The highest BCUT2D eigenvalue weighted by molar-refractivity contribution is 5.80. The van der Waals surface area contributed by atoms with Crippen LogP contribution in [0.3, 0.4) is 0 Å². The summed E-state index contributed by atoms with van der Waals surface area (Å²) in [6.45, 7) is -0.663. The zero-order valence-corrected chi connectivity index (χ0v) is 10.1. The molecule has 0 aliphatic carbocycles.